The zero-order valence-electron chi connectivity index (χ0n) is 21.8. The molecular weight excluding hydrogens is 564 g/mol. The third kappa shape index (κ3) is 8.37. The van der Waals surface area contributed by atoms with Gasteiger partial charge in [-0.2, -0.15) is 0 Å². The maximum Gasteiger partial charge on any atom is 0.415 e. The van der Waals surface area contributed by atoms with Crippen molar-refractivity contribution in [1.29, 1.82) is 0 Å². The first-order valence-electron chi connectivity index (χ1n) is 11.9. The Labute approximate surface area is 228 Å². The molecule has 3 amide bonds. The molecule has 202 valence electrons. The van der Waals surface area contributed by atoms with Gasteiger partial charge >= 0.3 is 12.2 Å². The lowest BCUT2D eigenvalue weighted by Crippen LogP contribution is -2.50. The summed E-state index contributed by atoms with van der Waals surface area (Å²) in [4.78, 5) is 48.9. The van der Waals surface area contributed by atoms with Gasteiger partial charge in [0, 0.05) is 12.7 Å². The van der Waals surface area contributed by atoms with Crippen LogP contribution in [0, 0.1) is 0 Å². The van der Waals surface area contributed by atoms with Gasteiger partial charge < -0.3 is 20.1 Å². The Hall–Kier alpha value is -2.77. The van der Waals surface area contributed by atoms with Crippen molar-refractivity contribution in [3.63, 3.8) is 0 Å². The number of amides is 3. The lowest BCUT2D eigenvalue weighted by Gasteiger charge is -2.36. The fourth-order valence-corrected chi connectivity index (χ4v) is 4.95. The molecule has 0 aliphatic carbocycles. The topological polar surface area (TPSA) is 135 Å². The number of thiazole rings is 1. The Bertz CT molecular complexity index is 1140. The molecule has 3 N–H and O–H groups in total. The van der Waals surface area contributed by atoms with Gasteiger partial charge in [-0.1, -0.05) is 11.3 Å². The molecule has 0 spiro atoms. The van der Waals surface area contributed by atoms with E-state index in [1.807, 2.05) is 0 Å². The van der Waals surface area contributed by atoms with Crippen LogP contribution in [0.5, 0.6) is 0 Å². The second-order valence-electron chi connectivity index (χ2n) is 10.5. The summed E-state index contributed by atoms with van der Waals surface area (Å²) in [5.74, 6) is -0.590. The first-order valence-corrected chi connectivity index (χ1v) is 13.5. The summed E-state index contributed by atoms with van der Waals surface area (Å²) >= 11 is 4.35. The van der Waals surface area contributed by atoms with E-state index in [-0.39, 0.29) is 16.7 Å². The standard InChI is InChI=1S/C24H33BrN6O5S/c1-23(2,3)35-21(33)30-19-17(29-20(25)37-19)18(32)28-15-13-27-11-9-16(15)31(14-8-7-10-26-12-14)22(34)36-24(4,5)6/h9,11,13-14,26H,7-8,10,12H2,1-6H3,(H,28,32)(H,30,33). The number of halogens is 1. The third-order valence-corrected chi connectivity index (χ3v) is 6.38. The molecule has 1 fully saturated rings. The van der Waals surface area contributed by atoms with Crippen LogP contribution in [-0.4, -0.2) is 58.4 Å². The fraction of sp³-hybridized carbons (Fsp3) is 0.542. The second-order valence-corrected chi connectivity index (χ2v) is 12.7. The maximum atomic E-state index is 13.3. The molecule has 1 unspecified atom stereocenters. The van der Waals surface area contributed by atoms with Crippen LogP contribution in [0.1, 0.15) is 64.9 Å². The predicted octanol–water partition coefficient (Wildman–Crippen LogP) is 5.39. The summed E-state index contributed by atoms with van der Waals surface area (Å²) in [5, 5.41) is 8.91. The predicted molar refractivity (Wildman–Crippen MR) is 146 cm³/mol. The highest BCUT2D eigenvalue weighted by Gasteiger charge is 2.33. The molecule has 1 aliphatic rings. The van der Waals surface area contributed by atoms with Crippen LogP contribution in [0.25, 0.3) is 0 Å². The number of pyridine rings is 1. The number of nitrogens with zero attached hydrogens (tertiary/aromatic N) is 3. The van der Waals surface area contributed by atoms with Gasteiger partial charge in [-0.05, 0) is 82.9 Å². The van der Waals surface area contributed by atoms with E-state index in [1.165, 1.54) is 6.20 Å². The second kappa shape index (κ2) is 11.7. The van der Waals surface area contributed by atoms with Crippen LogP contribution in [-0.2, 0) is 9.47 Å². The number of nitrogens with one attached hydrogen (secondary N) is 3. The minimum Gasteiger partial charge on any atom is -0.444 e. The Morgan fingerprint density at radius 3 is 2.46 bits per heavy atom. The van der Waals surface area contributed by atoms with Crippen molar-refractivity contribution in [1.82, 2.24) is 15.3 Å². The van der Waals surface area contributed by atoms with Gasteiger partial charge in [-0.25, -0.2) is 14.6 Å². The highest BCUT2D eigenvalue weighted by molar-refractivity contribution is 9.11. The molecular formula is C24H33BrN6O5S. The quantitative estimate of drug-likeness (QED) is 0.418. The number of carbonyl (C=O) groups excluding carboxylic acids is 3. The molecule has 2 aromatic rings. The van der Waals surface area contributed by atoms with Crippen molar-refractivity contribution in [3.8, 4) is 0 Å². The Morgan fingerprint density at radius 2 is 1.84 bits per heavy atom. The number of aromatic nitrogens is 2. The molecule has 0 aromatic carbocycles. The van der Waals surface area contributed by atoms with Gasteiger partial charge in [0.2, 0.25) is 0 Å². The number of hydrogen-bond acceptors (Lipinski definition) is 9. The number of piperidine rings is 1. The number of ether oxygens (including phenoxy) is 2. The van der Waals surface area contributed by atoms with Crippen molar-refractivity contribution in [2.45, 2.75) is 71.6 Å². The van der Waals surface area contributed by atoms with E-state index < -0.39 is 29.3 Å². The largest absolute Gasteiger partial charge is 0.444 e. The van der Waals surface area contributed by atoms with Crippen molar-refractivity contribution in [2.24, 2.45) is 0 Å². The van der Waals surface area contributed by atoms with Crippen molar-refractivity contribution in [2.75, 3.05) is 28.6 Å². The van der Waals surface area contributed by atoms with Crippen LogP contribution >= 0.6 is 27.3 Å². The summed E-state index contributed by atoms with van der Waals surface area (Å²) in [5.41, 5.74) is -0.680. The molecule has 0 radical (unpaired) electrons. The number of carbonyl (C=O) groups is 3. The molecule has 1 saturated heterocycles. The zero-order valence-corrected chi connectivity index (χ0v) is 24.2. The average molecular weight is 598 g/mol. The molecule has 2 aromatic heterocycles. The molecule has 13 heteroatoms. The van der Waals surface area contributed by atoms with E-state index in [2.05, 4.69) is 41.8 Å². The zero-order chi connectivity index (χ0) is 27.4. The van der Waals surface area contributed by atoms with Gasteiger partial charge in [0.15, 0.2) is 9.61 Å². The summed E-state index contributed by atoms with van der Waals surface area (Å²) in [6.45, 7) is 12.1. The molecule has 1 atom stereocenters. The molecule has 3 heterocycles. The summed E-state index contributed by atoms with van der Waals surface area (Å²) < 4.78 is 11.4. The van der Waals surface area contributed by atoms with E-state index in [0.717, 1.165) is 30.7 Å². The molecule has 11 nitrogen and oxygen atoms in total. The van der Waals surface area contributed by atoms with Crippen LogP contribution in [0.15, 0.2) is 22.4 Å². The molecule has 0 saturated carbocycles. The van der Waals surface area contributed by atoms with Gasteiger partial charge in [0.25, 0.3) is 5.91 Å². The van der Waals surface area contributed by atoms with Gasteiger partial charge in [0.05, 0.1) is 23.6 Å². The average Bonchev–Trinajstić information content (AvgIpc) is 3.13. The Morgan fingerprint density at radius 1 is 1.14 bits per heavy atom. The van der Waals surface area contributed by atoms with Crippen LogP contribution in [0.3, 0.4) is 0 Å². The lowest BCUT2D eigenvalue weighted by atomic mass is 10.1. The molecule has 1 aliphatic heterocycles. The van der Waals surface area contributed by atoms with Gasteiger partial charge in [-0.15, -0.1) is 0 Å². The SMILES string of the molecule is CC(C)(C)OC(=O)Nc1sc(Br)nc1C(=O)Nc1cnccc1N(C(=O)OC(C)(C)C)C1CCCNC1. The molecule has 3 rings (SSSR count). The van der Waals surface area contributed by atoms with E-state index >= 15 is 0 Å². The first kappa shape index (κ1) is 28.8. The third-order valence-electron chi connectivity index (χ3n) is 4.96. The fourth-order valence-electron chi connectivity index (χ4n) is 3.61. The first-order chi connectivity index (χ1) is 17.2. The van der Waals surface area contributed by atoms with Gasteiger partial charge in [0.1, 0.15) is 16.2 Å². The minimum absolute atomic E-state index is 0.0133. The summed E-state index contributed by atoms with van der Waals surface area (Å²) in [6, 6.07) is 1.48. The maximum absolute atomic E-state index is 13.3. The number of rotatable bonds is 5. The highest BCUT2D eigenvalue weighted by Crippen LogP contribution is 2.33. The Balaban J connectivity index is 1.90. The summed E-state index contributed by atoms with van der Waals surface area (Å²) in [6.07, 6.45) is 3.44. The number of anilines is 3. The van der Waals surface area contributed by atoms with Crippen molar-refractivity contribution >= 4 is 61.7 Å². The monoisotopic (exact) mass is 596 g/mol. The van der Waals surface area contributed by atoms with E-state index in [0.29, 0.717) is 21.8 Å². The highest BCUT2D eigenvalue weighted by atomic mass is 79.9. The molecule has 37 heavy (non-hydrogen) atoms. The van der Waals surface area contributed by atoms with E-state index in [9.17, 15) is 14.4 Å². The lowest BCUT2D eigenvalue weighted by molar-refractivity contribution is 0.0558. The van der Waals surface area contributed by atoms with Crippen molar-refractivity contribution in [3.05, 3.63) is 28.1 Å². The Kier molecular flexibility index (Phi) is 9.13. The minimum atomic E-state index is -0.710. The van der Waals surface area contributed by atoms with Gasteiger partial charge in [-0.3, -0.25) is 20.0 Å². The van der Waals surface area contributed by atoms with Crippen LogP contribution in [0.4, 0.5) is 26.0 Å². The van der Waals surface area contributed by atoms with E-state index in [4.69, 9.17) is 9.47 Å². The normalized spacial score (nSPS) is 16.0. The summed E-state index contributed by atoms with van der Waals surface area (Å²) in [7, 11) is 0. The number of hydrogen-bond donors (Lipinski definition) is 3. The van der Waals surface area contributed by atoms with Crippen molar-refractivity contribution < 1.29 is 23.9 Å². The smallest absolute Gasteiger partial charge is 0.415 e. The van der Waals surface area contributed by atoms with Crippen LogP contribution in [0.2, 0.25) is 0 Å². The van der Waals surface area contributed by atoms with E-state index in [1.54, 1.807) is 58.7 Å². The van der Waals surface area contributed by atoms with Crippen LogP contribution < -0.4 is 20.9 Å². The molecule has 0 bridgehead atoms.